The average molecular weight is 344 g/mol. The Kier molecular flexibility index (Phi) is 7.42. The van der Waals surface area contributed by atoms with Gasteiger partial charge in [0.2, 0.25) is 0 Å². The van der Waals surface area contributed by atoms with Gasteiger partial charge in [0.1, 0.15) is 18.0 Å². The van der Waals surface area contributed by atoms with Gasteiger partial charge in [-0.3, -0.25) is 4.90 Å². The van der Waals surface area contributed by atoms with Crippen LogP contribution in [0.4, 0.5) is 0 Å². The van der Waals surface area contributed by atoms with Gasteiger partial charge in [0.25, 0.3) is 0 Å². The van der Waals surface area contributed by atoms with Crippen molar-refractivity contribution in [1.82, 2.24) is 15.1 Å². The van der Waals surface area contributed by atoms with Gasteiger partial charge in [-0.25, -0.2) is 4.99 Å². The second kappa shape index (κ2) is 9.80. The lowest BCUT2D eigenvalue weighted by Gasteiger charge is -2.36. The topological polar surface area (TPSA) is 49.3 Å². The lowest BCUT2D eigenvalue weighted by atomic mass is 10.1. The summed E-state index contributed by atoms with van der Waals surface area (Å²) in [5.41, 5.74) is 1.14. The van der Waals surface area contributed by atoms with Crippen LogP contribution in [0, 0.1) is 12.3 Å². The average Bonchev–Trinajstić information content (AvgIpc) is 2.65. The van der Waals surface area contributed by atoms with Crippen LogP contribution in [-0.4, -0.2) is 69.2 Å². The van der Waals surface area contributed by atoms with Crippen molar-refractivity contribution in [2.45, 2.75) is 13.5 Å². The molecule has 1 heterocycles. The molecular formula is C19H28N4O2. The molecule has 6 nitrogen and oxygen atoms in total. The number of hydrogen-bond donors (Lipinski definition) is 1. The summed E-state index contributed by atoms with van der Waals surface area (Å²) in [6.07, 6.45) is 5.33. The number of piperazine rings is 1. The lowest BCUT2D eigenvalue weighted by molar-refractivity contribution is 0.171. The van der Waals surface area contributed by atoms with Crippen molar-refractivity contribution in [3.8, 4) is 23.8 Å². The molecule has 25 heavy (non-hydrogen) atoms. The van der Waals surface area contributed by atoms with Gasteiger partial charge in [-0.15, -0.1) is 6.42 Å². The van der Waals surface area contributed by atoms with E-state index >= 15 is 0 Å². The third kappa shape index (κ3) is 5.30. The fourth-order valence-electron chi connectivity index (χ4n) is 2.91. The molecule has 0 saturated carbocycles. The van der Waals surface area contributed by atoms with Crippen LogP contribution in [0.3, 0.4) is 0 Å². The number of terminal acetylenes is 1. The van der Waals surface area contributed by atoms with Crippen molar-refractivity contribution in [2.75, 3.05) is 53.5 Å². The lowest BCUT2D eigenvalue weighted by Crippen LogP contribution is -2.52. The Bertz CT molecular complexity index is 616. The Morgan fingerprint density at radius 1 is 1.24 bits per heavy atom. The molecule has 1 aliphatic heterocycles. The first kappa shape index (κ1) is 18.9. The number of benzene rings is 1. The molecule has 0 aliphatic carbocycles. The third-order valence-corrected chi connectivity index (χ3v) is 4.21. The molecule has 0 bridgehead atoms. The largest absolute Gasteiger partial charge is 0.497 e. The number of nitrogens with zero attached hydrogens (tertiary/aromatic N) is 3. The maximum absolute atomic E-state index is 5.48. The second-order valence-corrected chi connectivity index (χ2v) is 5.82. The molecule has 1 aliphatic rings. The molecule has 0 amide bonds. The van der Waals surface area contributed by atoms with Crippen molar-refractivity contribution in [1.29, 1.82) is 0 Å². The van der Waals surface area contributed by atoms with Gasteiger partial charge in [0.05, 0.1) is 14.2 Å². The molecule has 2 rings (SSSR count). The number of nitrogens with one attached hydrogen (secondary N) is 1. The highest BCUT2D eigenvalue weighted by Crippen LogP contribution is 2.25. The summed E-state index contributed by atoms with van der Waals surface area (Å²) in [5.74, 6) is 5.22. The predicted molar refractivity (Wildman–Crippen MR) is 101 cm³/mol. The van der Waals surface area contributed by atoms with Crippen LogP contribution in [0.1, 0.15) is 12.5 Å². The molecule has 1 fully saturated rings. The van der Waals surface area contributed by atoms with Crippen LogP contribution in [-0.2, 0) is 6.54 Å². The highest BCUT2D eigenvalue weighted by Gasteiger charge is 2.20. The Morgan fingerprint density at radius 3 is 2.60 bits per heavy atom. The monoisotopic (exact) mass is 344 g/mol. The highest BCUT2D eigenvalue weighted by atomic mass is 16.5. The third-order valence-electron chi connectivity index (χ3n) is 4.21. The quantitative estimate of drug-likeness (QED) is 0.480. The first-order valence-corrected chi connectivity index (χ1v) is 8.61. The van der Waals surface area contributed by atoms with E-state index < -0.39 is 0 Å². The van der Waals surface area contributed by atoms with Gasteiger partial charge in [0.15, 0.2) is 5.96 Å². The molecule has 1 aromatic rings. The van der Waals surface area contributed by atoms with E-state index in [-0.39, 0.29) is 0 Å². The van der Waals surface area contributed by atoms with Crippen LogP contribution in [0.25, 0.3) is 0 Å². The molecule has 1 N–H and O–H groups in total. The zero-order valence-electron chi connectivity index (χ0n) is 15.4. The van der Waals surface area contributed by atoms with E-state index in [4.69, 9.17) is 15.9 Å². The zero-order valence-corrected chi connectivity index (χ0v) is 15.4. The maximum atomic E-state index is 5.48. The minimum atomic E-state index is 0.406. The number of hydrogen-bond acceptors (Lipinski definition) is 4. The Labute approximate surface area is 150 Å². The molecule has 0 aromatic heterocycles. The maximum Gasteiger partial charge on any atom is 0.194 e. The van der Waals surface area contributed by atoms with E-state index in [1.54, 1.807) is 14.2 Å². The van der Waals surface area contributed by atoms with E-state index in [9.17, 15) is 0 Å². The van der Waals surface area contributed by atoms with Crippen LogP contribution in [0.5, 0.6) is 11.5 Å². The van der Waals surface area contributed by atoms with Crippen molar-refractivity contribution in [3.05, 3.63) is 23.8 Å². The Hall–Kier alpha value is -2.39. The highest BCUT2D eigenvalue weighted by molar-refractivity contribution is 5.80. The van der Waals surface area contributed by atoms with Crippen molar-refractivity contribution in [2.24, 2.45) is 4.99 Å². The SMILES string of the molecule is C#CCN=C(NCC)N1CCN(Cc2cc(OC)ccc2OC)CC1. The number of guanidine groups is 1. The van der Waals surface area contributed by atoms with Gasteiger partial charge in [0, 0.05) is 44.8 Å². The van der Waals surface area contributed by atoms with Crippen LogP contribution < -0.4 is 14.8 Å². The van der Waals surface area contributed by atoms with Gasteiger partial charge in [-0.2, -0.15) is 0 Å². The molecular weight excluding hydrogens is 316 g/mol. The summed E-state index contributed by atoms with van der Waals surface area (Å²) in [5, 5.41) is 3.31. The standard InChI is InChI=1S/C19H28N4O2/c1-5-9-21-19(20-6-2)23-12-10-22(11-13-23)15-16-14-17(24-3)7-8-18(16)25-4/h1,7-8,14H,6,9-13,15H2,2-4H3,(H,20,21). The summed E-state index contributed by atoms with van der Waals surface area (Å²) in [7, 11) is 3.38. The van der Waals surface area contributed by atoms with Crippen LogP contribution >= 0.6 is 0 Å². The van der Waals surface area contributed by atoms with Crippen LogP contribution in [0.2, 0.25) is 0 Å². The van der Waals surface area contributed by atoms with E-state index in [1.807, 2.05) is 18.2 Å². The van der Waals surface area contributed by atoms with Gasteiger partial charge < -0.3 is 19.7 Å². The Balaban J connectivity index is 1.97. The number of rotatable bonds is 6. The minimum Gasteiger partial charge on any atom is -0.497 e. The summed E-state index contributed by atoms with van der Waals surface area (Å²) < 4.78 is 10.8. The molecule has 136 valence electrons. The van der Waals surface area contributed by atoms with E-state index in [0.29, 0.717) is 6.54 Å². The molecule has 1 saturated heterocycles. The molecule has 0 spiro atoms. The van der Waals surface area contributed by atoms with E-state index in [2.05, 4.69) is 33.0 Å². The van der Waals surface area contributed by atoms with Gasteiger partial charge >= 0.3 is 0 Å². The summed E-state index contributed by atoms with van der Waals surface area (Å²) in [6.45, 7) is 7.91. The fraction of sp³-hybridized carbons (Fsp3) is 0.526. The zero-order chi connectivity index (χ0) is 18.1. The molecule has 0 unspecified atom stereocenters. The summed E-state index contributed by atoms with van der Waals surface area (Å²) >= 11 is 0. The van der Waals surface area contributed by atoms with Gasteiger partial charge in [-0.05, 0) is 25.1 Å². The smallest absolute Gasteiger partial charge is 0.194 e. The number of methoxy groups -OCH3 is 2. The van der Waals surface area contributed by atoms with Crippen molar-refractivity contribution >= 4 is 5.96 Å². The normalized spacial score (nSPS) is 15.6. The number of ether oxygens (including phenoxy) is 2. The van der Waals surface area contributed by atoms with Gasteiger partial charge in [-0.1, -0.05) is 5.92 Å². The summed E-state index contributed by atoms with van der Waals surface area (Å²) in [6, 6.07) is 5.93. The first-order valence-electron chi connectivity index (χ1n) is 8.61. The number of aliphatic imine (C=N–C) groups is 1. The van der Waals surface area contributed by atoms with Crippen molar-refractivity contribution < 1.29 is 9.47 Å². The van der Waals surface area contributed by atoms with E-state index in [0.717, 1.165) is 62.3 Å². The van der Waals surface area contributed by atoms with E-state index in [1.165, 1.54) is 0 Å². The molecule has 0 radical (unpaired) electrons. The minimum absolute atomic E-state index is 0.406. The predicted octanol–water partition coefficient (Wildman–Crippen LogP) is 1.42. The fourth-order valence-corrected chi connectivity index (χ4v) is 2.91. The molecule has 1 aromatic carbocycles. The molecule has 0 atom stereocenters. The summed E-state index contributed by atoms with van der Waals surface area (Å²) in [4.78, 5) is 9.13. The Morgan fingerprint density at radius 2 is 2.00 bits per heavy atom. The van der Waals surface area contributed by atoms with Crippen LogP contribution in [0.15, 0.2) is 23.2 Å². The first-order chi connectivity index (χ1) is 12.2. The molecule has 6 heteroatoms. The second-order valence-electron chi connectivity index (χ2n) is 5.82. The van der Waals surface area contributed by atoms with Crippen molar-refractivity contribution in [3.63, 3.8) is 0 Å².